The van der Waals surface area contributed by atoms with Crippen molar-refractivity contribution in [2.24, 2.45) is 11.8 Å². The predicted molar refractivity (Wildman–Crippen MR) is 113 cm³/mol. The number of hydrogen-bond acceptors (Lipinski definition) is 3. The van der Waals surface area contributed by atoms with Gasteiger partial charge in [0.25, 0.3) is 0 Å². The number of aromatic nitrogens is 1. The Bertz CT molecular complexity index is 900. The van der Waals surface area contributed by atoms with Crippen LogP contribution in [0.5, 0.6) is 0 Å². The first kappa shape index (κ1) is 19.2. The smallest absolute Gasteiger partial charge is 0.144 e. The van der Waals surface area contributed by atoms with Gasteiger partial charge in [0.2, 0.25) is 0 Å². The molecule has 2 aliphatic carbocycles. The highest BCUT2D eigenvalue weighted by Gasteiger charge is 2.24. The molecule has 2 heterocycles. The number of pyridine rings is 1. The van der Waals surface area contributed by atoms with Crippen molar-refractivity contribution in [3.8, 4) is 11.1 Å². The summed E-state index contributed by atoms with van der Waals surface area (Å²) in [7, 11) is 0. The highest BCUT2D eigenvalue weighted by atomic mass is 16.3. The van der Waals surface area contributed by atoms with Crippen LogP contribution in [-0.4, -0.2) is 10.8 Å². The molecule has 148 valence electrons. The fourth-order valence-electron chi connectivity index (χ4n) is 5.03. The molecule has 1 saturated carbocycles. The number of fused-ring (bicyclic) bond motifs is 1. The standard InChI is InChI=1S/C25H31NO2/c1-4-24-16(2)25(17(3)28-24)21-13-20-14-23(27)19(11-12-22(20)26-15-21)10-9-18-7-5-6-8-18/h11-13,15,18-19H,4-10,14H2,1-3H3. The Morgan fingerprint density at radius 2 is 1.96 bits per heavy atom. The monoisotopic (exact) mass is 377 g/mol. The average Bonchev–Trinajstić information content (AvgIpc) is 3.26. The number of nitrogens with zero attached hydrogens (tertiary/aromatic N) is 1. The van der Waals surface area contributed by atoms with E-state index in [1.807, 2.05) is 13.1 Å². The van der Waals surface area contributed by atoms with Gasteiger partial charge in [-0.3, -0.25) is 9.78 Å². The molecule has 0 radical (unpaired) electrons. The molecule has 0 aromatic carbocycles. The van der Waals surface area contributed by atoms with Crippen LogP contribution in [-0.2, 0) is 17.6 Å². The maximum absolute atomic E-state index is 12.9. The molecule has 3 nitrogen and oxygen atoms in total. The summed E-state index contributed by atoms with van der Waals surface area (Å²) in [6.45, 7) is 6.23. The van der Waals surface area contributed by atoms with Crippen molar-refractivity contribution in [2.75, 3.05) is 0 Å². The van der Waals surface area contributed by atoms with E-state index >= 15 is 0 Å². The van der Waals surface area contributed by atoms with Crippen LogP contribution >= 0.6 is 0 Å². The minimum Gasteiger partial charge on any atom is -0.465 e. The molecule has 1 unspecified atom stereocenters. The fourth-order valence-corrected chi connectivity index (χ4v) is 5.03. The molecule has 0 spiro atoms. The van der Waals surface area contributed by atoms with Crippen molar-refractivity contribution in [2.45, 2.75) is 72.1 Å². The van der Waals surface area contributed by atoms with Crippen molar-refractivity contribution in [1.82, 2.24) is 4.98 Å². The first-order chi connectivity index (χ1) is 13.6. The summed E-state index contributed by atoms with van der Waals surface area (Å²) >= 11 is 0. The molecular weight excluding hydrogens is 346 g/mol. The molecule has 2 aromatic heterocycles. The summed E-state index contributed by atoms with van der Waals surface area (Å²) in [5, 5.41) is 0. The van der Waals surface area contributed by atoms with Crippen LogP contribution in [0.2, 0.25) is 0 Å². The molecule has 0 bridgehead atoms. The van der Waals surface area contributed by atoms with Gasteiger partial charge in [-0.25, -0.2) is 0 Å². The SMILES string of the molecule is CCc1oc(C)c(-c2cnc3c(c2)CC(=O)C(CCC2CCCC2)C=C3)c1C. The lowest BCUT2D eigenvalue weighted by molar-refractivity contribution is -0.121. The Labute approximate surface area is 168 Å². The third kappa shape index (κ3) is 3.72. The predicted octanol–water partition coefficient (Wildman–Crippen LogP) is 6.25. The van der Waals surface area contributed by atoms with Gasteiger partial charge in [-0.15, -0.1) is 0 Å². The van der Waals surface area contributed by atoms with Gasteiger partial charge in [-0.1, -0.05) is 38.7 Å². The van der Waals surface area contributed by atoms with Crippen LogP contribution in [0, 0.1) is 25.7 Å². The second-order valence-electron chi connectivity index (χ2n) is 8.54. The van der Waals surface area contributed by atoms with E-state index in [0.717, 1.165) is 52.7 Å². The molecular formula is C25H31NO2. The highest BCUT2D eigenvalue weighted by molar-refractivity contribution is 5.88. The van der Waals surface area contributed by atoms with Crippen LogP contribution in [0.1, 0.15) is 73.8 Å². The molecule has 1 fully saturated rings. The molecule has 0 aliphatic heterocycles. The minimum atomic E-state index is 0.0438. The van der Waals surface area contributed by atoms with Crippen molar-refractivity contribution < 1.29 is 9.21 Å². The van der Waals surface area contributed by atoms with E-state index in [4.69, 9.17) is 9.40 Å². The van der Waals surface area contributed by atoms with E-state index in [0.29, 0.717) is 12.2 Å². The van der Waals surface area contributed by atoms with Crippen LogP contribution < -0.4 is 0 Å². The molecule has 3 heteroatoms. The number of ketones is 1. The molecule has 2 aliphatic rings. The number of allylic oxidation sites excluding steroid dienone is 1. The first-order valence-corrected chi connectivity index (χ1v) is 10.9. The molecule has 1 atom stereocenters. The zero-order valence-corrected chi connectivity index (χ0v) is 17.4. The quantitative estimate of drug-likeness (QED) is 0.619. The lowest BCUT2D eigenvalue weighted by Crippen LogP contribution is -2.15. The van der Waals surface area contributed by atoms with Gasteiger partial charge in [-0.2, -0.15) is 0 Å². The number of Topliss-reactive ketones (excluding diaryl/α,β-unsaturated/α-hetero) is 1. The Kier molecular flexibility index (Phi) is 5.52. The Balaban J connectivity index is 1.55. The normalized spacial score (nSPS) is 19.8. The van der Waals surface area contributed by atoms with Gasteiger partial charge >= 0.3 is 0 Å². The number of hydrogen-bond donors (Lipinski definition) is 0. The summed E-state index contributed by atoms with van der Waals surface area (Å²) in [6.07, 6.45) is 15.0. The van der Waals surface area contributed by atoms with Gasteiger partial charge in [0.05, 0.1) is 5.69 Å². The van der Waals surface area contributed by atoms with Crippen LogP contribution in [0.4, 0.5) is 0 Å². The number of carbonyl (C=O) groups is 1. The van der Waals surface area contributed by atoms with Crippen molar-refractivity contribution in [3.63, 3.8) is 0 Å². The largest absolute Gasteiger partial charge is 0.465 e. The molecule has 2 aromatic rings. The van der Waals surface area contributed by atoms with E-state index in [2.05, 4.69) is 32.1 Å². The van der Waals surface area contributed by atoms with Crippen LogP contribution in [0.3, 0.4) is 0 Å². The highest BCUT2D eigenvalue weighted by Crippen LogP contribution is 2.35. The van der Waals surface area contributed by atoms with Gasteiger partial charge in [-0.05, 0) is 55.9 Å². The number of carbonyl (C=O) groups excluding carboxylic acids is 1. The summed E-state index contributed by atoms with van der Waals surface area (Å²) in [5.74, 6) is 3.17. The summed E-state index contributed by atoms with van der Waals surface area (Å²) in [4.78, 5) is 17.6. The van der Waals surface area contributed by atoms with Gasteiger partial charge in [0, 0.05) is 36.1 Å². The van der Waals surface area contributed by atoms with E-state index in [1.165, 1.54) is 37.7 Å². The molecule has 28 heavy (non-hydrogen) atoms. The topological polar surface area (TPSA) is 43.1 Å². The number of rotatable bonds is 5. The molecule has 0 amide bonds. The molecule has 0 saturated heterocycles. The Morgan fingerprint density at radius 1 is 1.18 bits per heavy atom. The van der Waals surface area contributed by atoms with Gasteiger partial charge in [0.15, 0.2) is 0 Å². The third-order valence-corrected chi connectivity index (χ3v) is 6.66. The van der Waals surface area contributed by atoms with Crippen molar-refractivity contribution >= 4 is 11.9 Å². The zero-order valence-electron chi connectivity index (χ0n) is 17.4. The van der Waals surface area contributed by atoms with Crippen LogP contribution in [0.25, 0.3) is 17.2 Å². The summed E-state index contributed by atoms with van der Waals surface area (Å²) in [5.41, 5.74) is 5.36. The van der Waals surface area contributed by atoms with E-state index in [1.54, 1.807) is 0 Å². The summed E-state index contributed by atoms with van der Waals surface area (Å²) in [6, 6.07) is 2.15. The number of furan rings is 1. The van der Waals surface area contributed by atoms with Gasteiger partial charge in [0.1, 0.15) is 17.3 Å². The zero-order chi connectivity index (χ0) is 19.7. The van der Waals surface area contributed by atoms with Crippen LogP contribution in [0.15, 0.2) is 22.8 Å². The summed E-state index contributed by atoms with van der Waals surface area (Å²) < 4.78 is 5.93. The first-order valence-electron chi connectivity index (χ1n) is 10.9. The second-order valence-corrected chi connectivity index (χ2v) is 8.54. The molecule has 4 rings (SSSR count). The van der Waals surface area contributed by atoms with Crippen molar-refractivity contribution in [3.05, 3.63) is 46.7 Å². The maximum atomic E-state index is 12.9. The van der Waals surface area contributed by atoms with E-state index in [-0.39, 0.29) is 5.92 Å². The second kappa shape index (κ2) is 8.06. The lowest BCUT2D eigenvalue weighted by atomic mass is 9.90. The Morgan fingerprint density at radius 3 is 2.68 bits per heavy atom. The molecule has 0 N–H and O–H groups in total. The third-order valence-electron chi connectivity index (χ3n) is 6.66. The maximum Gasteiger partial charge on any atom is 0.144 e. The van der Waals surface area contributed by atoms with Gasteiger partial charge < -0.3 is 4.42 Å². The number of aryl methyl sites for hydroxylation is 2. The average molecular weight is 378 g/mol. The van der Waals surface area contributed by atoms with E-state index in [9.17, 15) is 4.79 Å². The van der Waals surface area contributed by atoms with E-state index < -0.39 is 0 Å². The van der Waals surface area contributed by atoms with Crippen molar-refractivity contribution in [1.29, 1.82) is 0 Å². The minimum absolute atomic E-state index is 0.0438. The fraction of sp³-hybridized carbons (Fsp3) is 0.520. The Hall–Kier alpha value is -2.16. The lowest BCUT2D eigenvalue weighted by Gasteiger charge is -2.13.